The molecule has 1 unspecified atom stereocenters. The number of sulfone groups is 1. The molecule has 0 spiro atoms. The Morgan fingerprint density at radius 2 is 2.00 bits per heavy atom. The number of carbonyl (C=O) groups is 1. The fourth-order valence-electron chi connectivity index (χ4n) is 1.23. The van der Waals surface area contributed by atoms with Crippen molar-refractivity contribution in [3.05, 3.63) is 18.2 Å². The molecule has 0 saturated heterocycles. The summed E-state index contributed by atoms with van der Waals surface area (Å²) in [5.41, 5.74) is 0. The predicted molar refractivity (Wildman–Crippen MR) is 58.0 cm³/mol. The van der Waals surface area contributed by atoms with Crippen LogP contribution in [-0.4, -0.2) is 29.4 Å². The van der Waals surface area contributed by atoms with E-state index in [2.05, 4.69) is 4.74 Å². The van der Waals surface area contributed by atoms with E-state index in [4.69, 9.17) is 0 Å². The van der Waals surface area contributed by atoms with Gasteiger partial charge in [0.15, 0.2) is 15.6 Å². The van der Waals surface area contributed by atoms with E-state index in [1.165, 1.54) is 12.1 Å². The minimum absolute atomic E-state index is 0.290. The van der Waals surface area contributed by atoms with E-state index in [-0.39, 0.29) is 5.75 Å². The summed E-state index contributed by atoms with van der Waals surface area (Å²) in [6, 6.07) is 3.62. The molecular weight excluding hydrogens is 268 g/mol. The molecule has 0 N–H and O–H groups in total. The lowest BCUT2D eigenvalue weighted by molar-refractivity contribution is -0.132. The van der Waals surface area contributed by atoms with Crippen molar-refractivity contribution in [3.8, 4) is 5.75 Å². The van der Waals surface area contributed by atoms with Gasteiger partial charge < -0.3 is 9.29 Å². The number of rotatable bonds is 3. The third-order valence-electron chi connectivity index (χ3n) is 1.75. The van der Waals surface area contributed by atoms with Gasteiger partial charge in [-0.15, -0.1) is 0 Å². The molecule has 0 heterocycles. The van der Waals surface area contributed by atoms with Crippen molar-refractivity contribution in [2.45, 2.75) is 16.7 Å². The molecule has 0 amide bonds. The van der Waals surface area contributed by atoms with Crippen molar-refractivity contribution >= 4 is 26.9 Å². The van der Waals surface area contributed by atoms with Crippen LogP contribution in [0, 0.1) is 0 Å². The zero-order valence-corrected chi connectivity index (χ0v) is 10.6. The van der Waals surface area contributed by atoms with Crippen LogP contribution >= 0.6 is 0 Å². The second-order valence-electron chi connectivity index (χ2n) is 3.18. The molecular formula is C9H9O6S2-. The van der Waals surface area contributed by atoms with E-state index in [1.54, 1.807) is 0 Å². The Morgan fingerprint density at radius 3 is 2.41 bits per heavy atom. The average molecular weight is 277 g/mol. The van der Waals surface area contributed by atoms with Crippen molar-refractivity contribution in [3.63, 3.8) is 0 Å². The molecule has 1 aromatic rings. The van der Waals surface area contributed by atoms with Crippen LogP contribution in [0.4, 0.5) is 0 Å². The zero-order chi connectivity index (χ0) is 13.2. The molecule has 1 rings (SSSR count). The molecule has 1 aromatic carbocycles. The van der Waals surface area contributed by atoms with Gasteiger partial charge in [-0.2, -0.15) is 0 Å². The molecule has 94 valence electrons. The van der Waals surface area contributed by atoms with Crippen molar-refractivity contribution in [2.75, 3.05) is 6.26 Å². The largest absolute Gasteiger partial charge is 0.768 e. The first kappa shape index (κ1) is 13.8. The molecule has 17 heavy (non-hydrogen) atoms. The molecule has 0 aliphatic carbocycles. The first-order valence-electron chi connectivity index (χ1n) is 4.34. The summed E-state index contributed by atoms with van der Waals surface area (Å²) in [7, 11) is -3.83. The summed E-state index contributed by atoms with van der Waals surface area (Å²) < 4.78 is 49.5. The van der Waals surface area contributed by atoms with Gasteiger partial charge in [0, 0.05) is 18.1 Å². The zero-order valence-electron chi connectivity index (χ0n) is 9.00. The Bertz CT molecular complexity index is 575. The maximum absolute atomic E-state index is 11.5. The third-order valence-corrected chi connectivity index (χ3v) is 3.74. The van der Waals surface area contributed by atoms with Gasteiger partial charge in [0.1, 0.15) is 4.90 Å². The van der Waals surface area contributed by atoms with Crippen LogP contribution in [0.1, 0.15) is 6.92 Å². The fourth-order valence-corrected chi connectivity index (χ4v) is 3.24. The highest BCUT2D eigenvalue weighted by atomic mass is 32.2. The lowest BCUT2D eigenvalue weighted by Gasteiger charge is -2.13. The molecule has 1 atom stereocenters. The standard InChI is InChI=1S/C9H10O6S2/c1-6(10)15-7-4-3-5-8(16(11)12)9(7)17(2,13)14/h3-5H,1-2H3,(H,11,12)/p-1. The van der Waals surface area contributed by atoms with E-state index in [0.717, 1.165) is 19.2 Å². The van der Waals surface area contributed by atoms with Gasteiger partial charge in [0.25, 0.3) is 0 Å². The van der Waals surface area contributed by atoms with Crippen molar-refractivity contribution < 1.29 is 26.7 Å². The second-order valence-corrected chi connectivity index (χ2v) is 6.05. The lowest BCUT2D eigenvalue weighted by atomic mass is 10.3. The number of esters is 1. The van der Waals surface area contributed by atoms with E-state index in [1.807, 2.05) is 0 Å². The number of hydrogen-bond donors (Lipinski definition) is 0. The maximum Gasteiger partial charge on any atom is 0.308 e. The Kier molecular flexibility index (Phi) is 4.02. The number of carbonyl (C=O) groups excluding carboxylic acids is 1. The van der Waals surface area contributed by atoms with Gasteiger partial charge in [-0.1, -0.05) is 6.07 Å². The van der Waals surface area contributed by atoms with Crippen molar-refractivity contribution in [2.24, 2.45) is 0 Å². The average Bonchev–Trinajstić information content (AvgIpc) is 2.14. The smallest absolute Gasteiger partial charge is 0.308 e. The Hall–Kier alpha value is -1.25. The third kappa shape index (κ3) is 3.35. The van der Waals surface area contributed by atoms with E-state index < -0.39 is 36.7 Å². The quantitative estimate of drug-likeness (QED) is 0.446. The van der Waals surface area contributed by atoms with Gasteiger partial charge in [-0.3, -0.25) is 9.00 Å². The van der Waals surface area contributed by atoms with Crippen LogP contribution in [0.25, 0.3) is 0 Å². The summed E-state index contributed by atoms with van der Waals surface area (Å²) in [6.45, 7) is 1.09. The molecule has 0 aliphatic heterocycles. The monoisotopic (exact) mass is 277 g/mol. The van der Waals surface area contributed by atoms with Gasteiger partial charge in [-0.05, 0) is 23.2 Å². The molecule has 6 nitrogen and oxygen atoms in total. The minimum atomic E-state index is -3.83. The van der Waals surface area contributed by atoms with Crippen molar-refractivity contribution in [1.82, 2.24) is 0 Å². The topological polar surface area (TPSA) is 101 Å². The summed E-state index contributed by atoms with van der Waals surface area (Å²) in [6.07, 6.45) is 0.839. The van der Waals surface area contributed by atoms with E-state index in [9.17, 15) is 22.0 Å². The molecule has 0 aromatic heterocycles. The Morgan fingerprint density at radius 1 is 1.41 bits per heavy atom. The van der Waals surface area contributed by atoms with Gasteiger partial charge in [0.05, 0.1) is 0 Å². The minimum Gasteiger partial charge on any atom is -0.768 e. The summed E-state index contributed by atoms with van der Waals surface area (Å²) in [5.74, 6) is -1.02. The van der Waals surface area contributed by atoms with Gasteiger partial charge in [0.2, 0.25) is 0 Å². The summed E-state index contributed by atoms with van der Waals surface area (Å²) >= 11 is -2.73. The lowest BCUT2D eigenvalue weighted by Crippen LogP contribution is -2.10. The molecule has 0 bridgehead atoms. The maximum atomic E-state index is 11.5. The van der Waals surface area contributed by atoms with Gasteiger partial charge in [-0.25, -0.2) is 8.42 Å². The highest BCUT2D eigenvalue weighted by molar-refractivity contribution is 7.91. The van der Waals surface area contributed by atoms with Crippen LogP contribution in [-0.2, 0) is 25.7 Å². The molecule has 0 saturated carbocycles. The fraction of sp³-hybridized carbons (Fsp3) is 0.222. The van der Waals surface area contributed by atoms with Crippen LogP contribution in [0.15, 0.2) is 28.0 Å². The second kappa shape index (κ2) is 4.94. The number of ether oxygens (including phenoxy) is 1. The van der Waals surface area contributed by atoms with Crippen LogP contribution in [0.3, 0.4) is 0 Å². The van der Waals surface area contributed by atoms with E-state index >= 15 is 0 Å². The van der Waals surface area contributed by atoms with Crippen LogP contribution < -0.4 is 4.74 Å². The van der Waals surface area contributed by atoms with Gasteiger partial charge >= 0.3 is 5.97 Å². The first-order valence-corrected chi connectivity index (χ1v) is 7.31. The molecule has 8 heteroatoms. The highest BCUT2D eigenvalue weighted by Gasteiger charge is 2.21. The Labute approximate surface area is 101 Å². The van der Waals surface area contributed by atoms with Crippen LogP contribution in [0.2, 0.25) is 0 Å². The van der Waals surface area contributed by atoms with E-state index in [0.29, 0.717) is 0 Å². The molecule has 0 aliphatic rings. The molecule has 0 radical (unpaired) electrons. The number of benzene rings is 1. The molecule has 0 fully saturated rings. The Balaban J connectivity index is 3.57. The predicted octanol–water partition coefficient (Wildman–Crippen LogP) is 0.253. The summed E-state index contributed by atoms with van der Waals surface area (Å²) in [5, 5.41) is 0. The first-order chi connectivity index (χ1) is 7.73. The normalized spacial score (nSPS) is 13.1. The highest BCUT2D eigenvalue weighted by Crippen LogP contribution is 2.29. The van der Waals surface area contributed by atoms with Crippen molar-refractivity contribution in [1.29, 1.82) is 0 Å². The number of hydrogen-bond acceptors (Lipinski definition) is 6. The SMILES string of the molecule is CC(=O)Oc1cccc(S(=O)[O-])c1S(C)(=O)=O. The summed E-state index contributed by atoms with van der Waals surface area (Å²) in [4.78, 5) is 9.87. The van der Waals surface area contributed by atoms with Crippen LogP contribution in [0.5, 0.6) is 5.75 Å².